The van der Waals surface area contributed by atoms with Gasteiger partial charge in [-0.2, -0.15) is 8.78 Å². The van der Waals surface area contributed by atoms with E-state index in [4.69, 9.17) is 0 Å². The molecule has 0 unspecified atom stereocenters. The second-order valence-electron chi connectivity index (χ2n) is 5.74. The summed E-state index contributed by atoms with van der Waals surface area (Å²) in [5.41, 5.74) is 4.11. The molecule has 0 atom stereocenters. The van der Waals surface area contributed by atoms with Crippen LogP contribution in [0.25, 0.3) is 0 Å². The molecule has 0 saturated heterocycles. The van der Waals surface area contributed by atoms with Crippen LogP contribution in [0.4, 0.5) is 14.5 Å². The zero-order chi connectivity index (χ0) is 18.2. The van der Waals surface area contributed by atoms with Crippen molar-refractivity contribution in [1.82, 2.24) is 5.32 Å². The molecule has 1 amide bonds. The van der Waals surface area contributed by atoms with E-state index in [0.29, 0.717) is 13.0 Å². The molecule has 2 N–H and O–H groups in total. The van der Waals surface area contributed by atoms with Crippen LogP contribution >= 0.6 is 0 Å². The summed E-state index contributed by atoms with van der Waals surface area (Å²) in [6.07, 6.45) is 0.615. The van der Waals surface area contributed by atoms with Crippen LogP contribution in [0.3, 0.4) is 0 Å². The van der Waals surface area contributed by atoms with Gasteiger partial charge in [0.25, 0.3) is 0 Å². The Morgan fingerprint density at radius 1 is 1.08 bits per heavy atom. The van der Waals surface area contributed by atoms with E-state index in [2.05, 4.69) is 15.4 Å². The van der Waals surface area contributed by atoms with Crippen molar-refractivity contribution in [2.75, 3.05) is 18.4 Å². The Kier molecular flexibility index (Phi) is 6.74. The van der Waals surface area contributed by atoms with Gasteiger partial charge in [-0.05, 0) is 49.1 Å². The quantitative estimate of drug-likeness (QED) is 0.765. The van der Waals surface area contributed by atoms with Gasteiger partial charge in [0.05, 0.1) is 6.54 Å². The highest BCUT2D eigenvalue weighted by Gasteiger charge is 2.06. The molecule has 0 bridgehead atoms. The number of rotatable bonds is 8. The van der Waals surface area contributed by atoms with Crippen molar-refractivity contribution in [3.8, 4) is 5.75 Å². The fourth-order valence-electron chi connectivity index (χ4n) is 2.51. The predicted octanol–water partition coefficient (Wildman–Crippen LogP) is 3.68. The molecule has 0 fully saturated rings. The van der Waals surface area contributed by atoms with Gasteiger partial charge in [0.2, 0.25) is 5.91 Å². The standard InChI is InChI=1S/C19H22F2N2O2/c1-13-4-3-5-14(2)18(13)23-12-17(24)22-11-10-15-6-8-16(9-7-15)25-19(20)21/h3-9,19,23H,10-12H2,1-2H3,(H,22,24). The predicted molar refractivity (Wildman–Crippen MR) is 94.2 cm³/mol. The largest absolute Gasteiger partial charge is 0.435 e. The zero-order valence-electron chi connectivity index (χ0n) is 14.3. The van der Waals surface area contributed by atoms with Gasteiger partial charge in [-0.1, -0.05) is 30.3 Å². The molecule has 2 aromatic rings. The van der Waals surface area contributed by atoms with Gasteiger partial charge in [-0.25, -0.2) is 0 Å². The molecule has 2 aromatic carbocycles. The lowest BCUT2D eigenvalue weighted by atomic mass is 10.1. The normalized spacial score (nSPS) is 10.6. The van der Waals surface area contributed by atoms with Crippen LogP contribution in [-0.2, 0) is 11.2 Å². The Bertz CT molecular complexity index is 683. The monoisotopic (exact) mass is 348 g/mol. The lowest BCUT2D eigenvalue weighted by molar-refractivity contribution is -0.119. The van der Waals surface area contributed by atoms with Crippen LogP contribution in [0.15, 0.2) is 42.5 Å². The minimum atomic E-state index is -2.82. The first kappa shape index (κ1) is 18.7. The van der Waals surface area contributed by atoms with Crippen LogP contribution in [0.1, 0.15) is 16.7 Å². The number of aryl methyl sites for hydroxylation is 2. The molecule has 0 saturated carbocycles. The fraction of sp³-hybridized carbons (Fsp3) is 0.316. The molecule has 0 heterocycles. The van der Waals surface area contributed by atoms with Crippen molar-refractivity contribution in [2.45, 2.75) is 26.9 Å². The van der Waals surface area contributed by atoms with E-state index in [1.165, 1.54) is 12.1 Å². The van der Waals surface area contributed by atoms with E-state index in [1.807, 2.05) is 32.0 Å². The summed E-state index contributed by atoms with van der Waals surface area (Å²) in [6.45, 7) is 1.84. The summed E-state index contributed by atoms with van der Waals surface area (Å²) < 4.78 is 28.5. The number of hydrogen-bond donors (Lipinski definition) is 2. The number of alkyl halides is 2. The number of halogens is 2. The first-order chi connectivity index (χ1) is 12.0. The third kappa shape index (κ3) is 6.06. The summed E-state index contributed by atoms with van der Waals surface area (Å²) in [5.74, 6) is 0.0286. The summed E-state index contributed by atoms with van der Waals surface area (Å²) in [4.78, 5) is 11.9. The first-order valence-electron chi connectivity index (χ1n) is 8.06. The number of benzene rings is 2. The minimum absolute atomic E-state index is 0.0969. The summed E-state index contributed by atoms with van der Waals surface area (Å²) >= 11 is 0. The number of hydrogen-bond acceptors (Lipinski definition) is 3. The van der Waals surface area contributed by atoms with Crippen LogP contribution < -0.4 is 15.4 Å². The summed E-state index contributed by atoms with van der Waals surface area (Å²) in [5, 5.41) is 5.99. The highest BCUT2D eigenvalue weighted by Crippen LogP contribution is 2.18. The number of ether oxygens (including phenoxy) is 1. The first-order valence-corrected chi connectivity index (χ1v) is 8.06. The Labute approximate surface area is 146 Å². The number of nitrogens with one attached hydrogen (secondary N) is 2. The second kappa shape index (κ2) is 9.01. The van der Waals surface area contributed by atoms with E-state index in [9.17, 15) is 13.6 Å². The average Bonchev–Trinajstić information content (AvgIpc) is 2.55. The van der Waals surface area contributed by atoms with Gasteiger partial charge in [-0.15, -0.1) is 0 Å². The van der Waals surface area contributed by atoms with E-state index in [0.717, 1.165) is 22.4 Å². The van der Waals surface area contributed by atoms with Crippen LogP contribution in [0, 0.1) is 13.8 Å². The summed E-state index contributed by atoms with van der Waals surface area (Å²) in [6, 6.07) is 12.4. The van der Waals surface area contributed by atoms with Gasteiger partial charge in [0.15, 0.2) is 0 Å². The molecule has 134 valence electrons. The van der Waals surface area contributed by atoms with Crippen molar-refractivity contribution >= 4 is 11.6 Å². The van der Waals surface area contributed by atoms with Crippen molar-refractivity contribution in [1.29, 1.82) is 0 Å². The van der Waals surface area contributed by atoms with E-state index >= 15 is 0 Å². The number of para-hydroxylation sites is 1. The molecule has 6 heteroatoms. The number of anilines is 1. The topological polar surface area (TPSA) is 50.4 Å². The maximum Gasteiger partial charge on any atom is 0.387 e. The number of carbonyl (C=O) groups is 1. The Hall–Kier alpha value is -2.63. The van der Waals surface area contributed by atoms with E-state index in [1.54, 1.807) is 12.1 Å². The molecule has 25 heavy (non-hydrogen) atoms. The van der Waals surface area contributed by atoms with Crippen molar-refractivity contribution in [3.63, 3.8) is 0 Å². The van der Waals surface area contributed by atoms with Gasteiger partial charge in [-0.3, -0.25) is 4.79 Å². The average molecular weight is 348 g/mol. The number of carbonyl (C=O) groups excluding carboxylic acids is 1. The highest BCUT2D eigenvalue weighted by atomic mass is 19.3. The molecule has 0 spiro atoms. The maximum absolute atomic E-state index is 12.1. The van der Waals surface area contributed by atoms with Gasteiger partial charge in [0, 0.05) is 12.2 Å². The SMILES string of the molecule is Cc1cccc(C)c1NCC(=O)NCCc1ccc(OC(F)F)cc1. The molecule has 0 aliphatic carbocycles. The van der Waals surface area contributed by atoms with Crippen molar-refractivity contribution in [2.24, 2.45) is 0 Å². The molecule has 0 radical (unpaired) electrons. The fourth-order valence-corrected chi connectivity index (χ4v) is 2.51. The lowest BCUT2D eigenvalue weighted by Gasteiger charge is -2.12. The van der Waals surface area contributed by atoms with E-state index in [-0.39, 0.29) is 18.2 Å². The van der Waals surface area contributed by atoms with Crippen molar-refractivity contribution in [3.05, 3.63) is 59.2 Å². The lowest BCUT2D eigenvalue weighted by Crippen LogP contribution is -2.31. The van der Waals surface area contributed by atoms with Gasteiger partial charge >= 0.3 is 6.61 Å². The van der Waals surface area contributed by atoms with Crippen LogP contribution in [-0.4, -0.2) is 25.6 Å². The Morgan fingerprint density at radius 3 is 2.32 bits per heavy atom. The van der Waals surface area contributed by atoms with Gasteiger partial charge < -0.3 is 15.4 Å². The second-order valence-corrected chi connectivity index (χ2v) is 5.74. The van der Waals surface area contributed by atoms with Crippen molar-refractivity contribution < 1.29 is 18.3 Å². The van der Waals surface area contributed by atoms with E-state index < -0.39 is 6.61 Å². The van der Waals surface area contributed by atoms with Crippen LogP contribution in [0.5, 0.6) is 5.75 Å². The van der Waals surface area contributed by atoms with Crippen LogP contribution in [0.2, 0.25) is 0 Å². The smallest absolute Gasteiger partial charge is 0.387 e. The molecule has 4 nitrogen and oxygen atoms in total. The summed E-state index contributed by atoms with van der Waals surface area (Å²) in [7, 11) is 0. The third-order valence-electron chi connectivity index (χ3n) is 3.79. The zero-order valence-corrected chi connectivity index (χ0v) is 14.3. The molecular weight excluding hydrogens is 326 g/mol. The Balaban J connectivity index is 1.73. The minimum Gasteiger partial charge on any atom is -0.435 e. The maximum atomic E-state index is 12.1. The third-order valence-corrected chi connectivity index (χ3v) is 3.79. The van der Waals surface area contributed by atoms with Gasteiger partial charge in [0.1, 0.15) is 5.75 Å². The number of amides is 1. The molecule has 0 aliphatic rings. The molecule has 2 rings (SSSR count). The Morgan fingerprint density at radius 2 is 1.72 bits per heavy atom. The molecular formula is C19H22F2N2O2. The highest BCUT2D eigenvalue weighted by molar-refractivity contribution is 5.81. The molecule has 0 aromatic heterocycles. The molecule has 0 aliphatic heterocycles.